The second kappa shape index (κ2) is 16.1. The molecule has 1 heterocycles. The maximum atomic E-state index is 15.2. The molecule has 272 valence electrons. The minimum atomic E-state index is -5.04. The first-order valence-electron chi connectivity index (χ1n) is 14.8. The molecule has 0 saturated heterocycles. The fraction of sp³-hybridized carbons (Fsp3) is 0.242. The Bertz CT molecular complexity index is 1900. The summed E-state index contributed by atoms with van der Waals surface area (Å²) in [5.74, 6) is -4.66. The van der Waals surface area contributed by atoms with Gasteiger partial charge in [-0.2, -0.15) is 22.0 Å². The number of anilines is 3. The van der Waals surface area contributed by atoms with E-state index in [0.717, 1.165) is 41.7 Å². The maximum absolute atomic E-state index is 15.2. The number of hydrogen-bond donors (Lipinski definition) is 3. The van der Waals surface area contributed by atoms with Crippen LogP contribution < -0.4 is 26.0 Å². The molecule has 0 aliphatic carbocycles. The van der Waals surface area contributed by atoms with Crippen LogP contribution in [0.25, 0.3) is 10.4 Å². The van der Waals surface area contributed by atoms with Gasteiger partial charge in [-0.1, -0.05) is 24.3 Å². The fourth-order valence-corrected chi connectivity index (χ4v) is 6.27. The van der Waals surface area contributed by atoms with E-state index in [-0.39, 0.29) is 29.3 Å². The van der Waals surface area contributed by atoms with E-state index in [2.05, 4.69) is 15.4 Å². The van der Waals surface area contributed by atoms with Gasteiger partial charge in [0.2, 0.25) is 0 Å². The molecule has 0 aliphatic rings. The van der Waals surface area contributed by atoms with Gasteiger partial charge in [0.05, 0.1) is 30.0 Å². The van der Waals surface area contributed by atoms with Gasteiger partial charge in [0.15, 0.2) is 11.6 Å². The largest absolute Gasteiger partial charge is 0.449 e. The van der Waals surface area contributed by atoms with E-state index in [1.165, 1.54) is 31.2 Å². The van der Waals surface area contributed by atoms with Gasteiger partial charge in [-0.05, 0) is 68.5 Å². The first kappa shape index (κ1) is 38.4. The van der Waals surface area contributed by atoms with Gasteiger partial charge < -0.3 is 30.7 Å². The lowest BCUT2D eigenvalue weighted by Gasteiger charge is -2.24. The van der Waals surface area contributed by atoms with Crippen molar-refractivity contribution in [3.05, 3.63) is 94.6 Å². The van der Waals surface area contributed by atoms with Crippen LogP contribution in [0.1, 0.15) is 34.0 Å². The predicted molar refractivity (Wildman–Crippen MR) is 176 cm³/mol. The Balaban J connectivity index is 2.00. The molecule has 4 aromatic rings. The maximum Gasteiger partial charge on any atom is 0.416 e. The van der Waals surface area contributed by atoms with Crippen molar-refractivity contribution in [3.8, 4) is 16.2 Å². The third-order valence-corrected chi connectivity index (χ3v) is 8.31. The Labute approximate surface area is 290 Å². The van der Waals surface area contributed by atoms with Crippen molar-refractivity contribution < 1.29 is 54.6 Å². The number of carbonyl (C=O) groups excluding carboxylic acids is 3. The Kier molecular flexibility index (Phi) is 12.1. The van der Waals surface area contributed by atoms with E-state index < -0.39 is 71.6 Å². The van der Waals surface area contributed by atoms with Gasteiger partial charge in [0, 0.05) is 22.7 Å². The highest BCUT2D eigenvalue weighted by Crippen LogP contribution is 2.45. The van der Waals surface area contributed by atoms with Gasteiger partial charge in [0.1, 0.15) is 10.8 Å². The zero-order valence-corrected chi connectivity index (χ0v) is 27.9. The van der Waals surface area contributed by atoms with Crippen molar-refractivity contribution in [2.24, 2.45) is 5.73 Å². The number of carbonyl (C=O) groups is 3. The minimum absolute atomic E-state index is 0.0446. The minimum Gasteiger partial charge on any atom is -0.449 e. The van der Waals surface area contributed by atoms with E-state index in [9.17, 15) is 36.3 Å². The molecule has 4 rings (SSSR count). The van der Waals surface area contributed by atoms with Crippen LogP contribution >= 0.6 is 11.3 Å². The zero-order chi connectivity index (χ0) is 37.6. The van der Waals surface area contributed by atoms with Gasteiger partial charge in [-0.15, -0.1) is 11.3 Å². The quantitative estimate of drug-likeness (QED) is 0.126. The predicted octanol–water partition coefficient (Wildman–Crippen LogP) is 8.28. The Hall–Kier alpha value is -5.36. The molecule has 1 aromatic heterocycles. The third-order valence-electron chi connectivity index (χ3n) is 7.01. The number of hydrogen-bond acceptors (Lipinski definition) is 7. The van der Waals surface area contributed by atoms with Crippen molar-refractivity contribution in [1.29, 1.82) is 0 Å². The summed E-state index contributed by atoms with van der Waals surface area (Å²) in [6.07, 6.45) is -6.29. The molecule has 0 radical (unpaired) electrons. The first-order chi connectivity index (χ1) is 24.0. The standard InChI is InChI=1S/C33H30F7N5O5S/c1-4-49-32(48)45(16-19-21(33(38,39)40)7-5-8-22(19)34)29-25(28(46)43-23-9-6-10-24(26(23)35)50-30(36)37)20(15-44(2)3)27(51-29)17-11-13-18(14-12-17)42-31(41)47/h5-14,30H,4,15-16H2,1-3H3,(H,43,46)(H3,41,42,47). The Morgan fingerprint density at radius 1 is 0.922 bits per heavy atom. The van der Waals surface area contributed by atoms with E-state index in [0.29, 0.717) is 27.1 Å². The summed E-state index contributed by atoms with van der Waals surface area (Å²) in [5.41, 5.74) is 2.81. The average molecular weight is 742 g/mol. The highest BCUT2D eigenvalue weighted by atomic mass is 32.1. The molecule has 3 aromatic carbocycles. The highest BCUT2D eigenvalue weighted by molar-refractivity contribution is 7.20. The van der Waals surface area contributed by atoms with Crippen molar-refractivity contribution >= 4 is 45.7 Å². The van der Waals surface area contributed by atoms with Crippen molar-refractivity contribution in [2.45, 2.75) is 32.8 Å². The number of alkyl halides is 5. The number of ether oxygens (including phenoxy) is 2. The van der Waals surface area contributed by atoms with Gasteiger partial charge in [0.25, 0.3) is 5.91 Å². The van der Waals surface area contributed by atoms with Crippen LogP contribution in [0.15, 0.2) is 60.7 Å². The molecule has 4 N–H and O–H groups in total. The third kappa shape index (κ3) is 9.26. The summed E-state index contributed by atoms with van der Waals surface area (Å²) >= 11 is 0.761. The Morgan fingerprint density at radius 3 is 2.18 bits per heavy atom. The van der Waals surface area contributed by atoms with Crippen LogP contribution in [-0.4, -0.2) is 50.2 Å². The molecular formula is C33H30F7N5O5S. The van der Waals surface area contributed by atoms with Crippen molar-refractivity contribution in [2.75, 3.05) is 36.2 Å². The summed E-state index contributed by atoms with van der Waals surface area (Å²) in [5, 5.41) is 4.36. The number of nitrogens with one attached hydrogen (secondary N) is 2. The van der Waals surface area contributed by atoms with E-state index >= 15 is 8.78 Å². The number of amides is 4. The van der Waals surface area contributed by atoms with Crippen LogP contribution in [0, 0.1) is 11.6 Å². The van der Waals surface area contributed by atoms with Crippen LogP contribution in [0.4, 0.5) is 56.7 Å². The normalized spacial score (nSPS) is 11.5. The second-order valence-electron chi connectivity index (χ2n) is 10.9. The van der Waals surface area contributed by atoms with Crippen molar-refractivity contribution in [1.82, 2.24) is 4.90 Å². The van der Waals surface area contributed by atoms with E-state index in [1.807, 2.05) is 0 Å². The lowest BCUT2D eigenvalue weighted by molar-refractivity contribution is -0.138. The molecular weight excluding hydrogens is 711 g/mol. The van der Waals surface area contributed by atoms with Crippen LogP contribution in [-0.2, 0) is 24.0 Å². The molecule has 0 atom stereocenters. The molecule has 0 saturated carbocycles. The molecule has 0 fully saturated rings. The summed E-state index contributed by atoms with van der Waals surface area (Å²) in [6, 6.07) is 10.5. The first-order valence-corrected chi connectivity index (χ1v) is 15.6. The zero-order valence-electron chi connectivity index (χ0n) is 27.0. The monoisotopic (exact) mass is 741 g/mol. The number of benzene rings is 3. The number of primary amides is 1. The van der Waals surface area contributed by atoms with E-state index in [1.54, 1.807) is 19.0 Å². The summed E-state index contributed by atoms with van der Waals surface area (Å²) < 4.78 is 108. The molecule has 51 heavy (non-hydrogen) atoms. The summed E-state index contributed by atoms with van der Waals surface area (Å²) in [4.78, 5) is 41.7. The number of nitrogens with two attached hydrogens (primary N) is 1. The van der Waals surface area contributed by atoms with Gasteiger partial charge in [-0.25, -0.2) is 18.4 Å². The van der Waals surface area contributed by atoms with Gasteiger partial charge in [-0.3, -0.25) is 9.69 Å². The van der Waals surface area contributed by atoms with Crippen LogP contribution in [0.3, 0.4) is 0 Å². The van der Waals surface area contributed by atoms with E-state index in [4.69, 9.17) is 10.5 Å². The van der Waals surface area contributed by atoms with Crippen LogP contribution in [0.2, 0.25) is 0 Å². The fourth-order valence-electron chi connectivity index (χ4n) is 4.97. The molecule has 0 spiro atoms. The van der Waals surface area contributed by atoms with Crippen LogP contribution in [0.5, 0.6) is 5.75 Å². The molecule has 0 bridgehead atoms. The SMILES string of the molecule is CCOC(=O)N(Cc1c(F)cccc1C(F)(F)F)c1sc(-c2ccc(NC(N)=O)cc2)c(CN(C)C)c1C(=O)Nc1cccc(OC(F)F)c1F. The smallest absolute Gasteiger partial charge is 0.416 e. The molecule has 18 heteroatoms. The second-order valence-corrected chi connectivity index (χ2v) is 11.9. The number of nitrogens with zero attached hydrogens (tertiary/aromatic N) is 2. The highest BCUT2D eigenvalue weighted by Gasteiger charge is 2.38. The topological polar surface area (TPSA) is 126 Å². The van der Waals surface area contributed by atoms with Crippen molar-refractivity contribution in [3.63, 3.8) is 0 Å². The lowest BCUT2D eigenvalue weighted by atomic mass is 10.0. The number of halogens is 7. The number of thiophene rings is 1. The molecule has 0 unspecified atom stereocenters. The molecule has 4 amide bonds. The summed E-state index contributed by atoms with van der Waals surface area (Å²) in [7, 11) is 3.26. The average Bonchev–Trinajstić information content (AvgIpc) is 3.39. The lowest BCUT2D eigenvalue weighted by Crippen LogP contribution is -2.33. The Morgan fingerprint density at radius 2 is 1.59 bits per heavy atom. The molecule has 0 aliphatic heterocycles. The number of urea groups is 1. The molecule has 10 nitrogen and oxygen atoms in total. The number of rotatable bonds is 12. The van der Waals surface area contributed by atoms with Gasteiger partial charge >= 0.3 is 24.9 Å². The summed E-state index contributed by atoms with van der Waals surface area (Å²) in [6.45, 7) is -3.35.